The van der Waals surface area contributed by atoms with E-state index in [-0.39, 0.29) is 5.97 Å². The minimum atomic E-state index is -0.199. The van der Waals surface area contributed by atoms with Crippen LogP contribution >= 0.6 is 0 Å². The minimum absolute atomic E-state index is 0.199. The van der Waals surface area contributed by atoms with Gasteiger partial charge in [0.05, 0.1) is 7.11 Å². The number of carbonyl (C=O) groups excluding carboxylic acids is 1. The van der Waals surface area contributed by atoms with E-state index in [9.17, 15) is 4.79 Å². The summed E-state index contributed by atoms with van der Waals surface area (Å²) in [6.45, 7) is 0.567. The Morgan fingerprint density at radius 2 is 2.18 bits per heavy atom. The van der Waals surface area contributed by atoms with Crippen LogP contribution in [0.2, 0.25) is 0 Å². The number of rotatable bonds is 4. The van der Waals surface area contributed by atoms with Gasteiger partial charge < -0.3 is 10.5 Å². The van der Waals surface area contributed by atoms with Crippen LogP contribution in [-0.4, -0.2) is 19.6 Å². The SMILES string of the molecule is COC(=O)CCc1ccccc1C#CCCN. The van der Waals surface area contributed by atoms with E-state index in [0.29, 0.717) is 25.8 Å². The molecule has 0 saturated heterocycles. The Hall–Kier alpha value is -1.79. The molecule has 0 atom stereocenters. The van der Waals surface area contributed by atoms with E-state index in [1.807, 2.05) is 24.3 Å². The van der Waals surface area contributed by atoms with Crippen LogP contribution in [0.3, 0.4) is 0 Å². The van der Waals surface area contributed by atoms with Gasteiger partial charge in [-0.2, -0.15) is 0 Å². The predicted octanol–water partition coefficient (Wildman–Crippen LogP) is 1.49. The number of carbonyl (C=O) groups is 1. The molecule has 0 bridgehead atoms. The van der Waals surface area contributed by atoms with Gasteiger partial charge in [-0.25, -0.2) is 0 Å². The number of esters is 1. The van der Waals surface area contributed by atoms with Gasteiger partial charge in [0.25, 0.3) is 0 Å². The highest BCUT2D eigenvalue weighted by Crippen LogP contribution is 2.10. The zero-order valence-electron chi connectivity index (χ0n) is 10.0. The molecule has 0 aromatic heterocycles. The van der Waals surface area contributed by atoms with E-state index in [0.717, 1.165) is 11.1 Å². The van der Waals surface area contributed by atoms with Crippen LogP contribution in [0.25, 0.3) is 0 Å². The summed E-state index contributed by atoms with van der Waals surface area (Å²) in [6.07, 6.45) is 1.72. The highest BCUT2D eigenvalue weighted by atomic mass is 16.5. The molecular formula is C14H17NO2. The van der Waals surface area contributed by atoms with E-state index >= 15 is 0 Å². The van der Waals surface area contributed by atoms with Crippen molar-refractivity contribution < 1.29 is 9.53 Å². The van der Waals surface area contributed by atoms with Gasteiger partial charge in [-0.05, 0) is 18.1 Å². The van der Waals surface area contributed by atoms with E-state index in [2.05, 4.69) is 16.6 Å². The smallest absolute Gasteiger partial charge is 0.305 e. The molecule has 0 spiro atoms. The van der Waals surface area contributed by atoms with Crippen molar-refractivity contribution >= 4 is 5.97 Å². The second kappa shape index (κ2) is 7.48. The maximum absolute atomic E-state index is 11.1. The molecule has 17 heavy (non-hydrogen) atoms. The number of nitrogens with two attached hydrogens (primary N) is 1. The molecule has 2 N–H and O–H groups in total. The van der Waals surface area contributed by atoms with Gasteiger partial charge in [-0.1, -0.05) is 30.0 Å². The first-order valence-corrected chi connectivity index (χ1v) is 5.61. The molecule has 90 valence electrons. The molecule has 1 rings (SSSR count). The highest BCUT2D eigenvalue weighted by molar-refractivity contribution is 5.69. The molecule has 0 unspecified atom stereocenters. The Bertz CT molecular complexity index is 429. The highest BCUT2D eigenvalue weighted by Gasteiger charge is 2.03. The monoisotopic (exact) mass is 231 g/mol. The Labute approximate surface area is 102 Å². The second-order valence-corrected chi connectivity index (χ2v) is 3.57. The second-order valence-electron chi connectivity index (χ2n) is 3.57. The molecule has 3 nitrogen and oxygen atoms in total. The molecule has 0 aliphatic carbocycles. The number of ether oxygens (including phenoxy) is 1. The van der Waals surface area contributed by atoms with E-state index in [1.54, 1.807) is 0 Å². The molecule has 0 saturated carbocycles. The lowest BCUT2D eigenvalue weighted by Crippen LogP contribution is -2.02. The van der Waals surface area contributed by atoms with Crippen molar-refractivity contribution in [2.75, 3.05) is 13.7 Å². The molecule has 3 heteroatoms. The number of hydrogen-bond donors (Lipinski definition) is 1. The van der Waals surface area contributed by atoms with Crippen LogP contribution in [-0.2, 0) is 16.0 Å². The Morgan fingerprint density at radius 3 is 2.88 bits per heavy atom. The van der Waals surface area contributed by atoms with Gasteiger partial charge in [0.15, 0.2) is 0 Å². The summed E-state index contributed by atoms with van der Waals surface area (Å²) in [5, 5.41) is 0. The van der Waals surface area contributed by atoms with Crippen molar-refractivity contribution in [3.8, 4) is 11.8 Å². The molecule has 0 radical (unpaired) electrons. The van der Waals surface area contributed by atoms with Gasteiger partial charge in [0.1, 0.15) is 0 Å². The van der Waals surface area contributed by atoms with Gasteiger partial charge in [-0.15, -0.1) is 0 Å². The first kappa shape index (κ1) is 13.3. The van der Waals surface area contributed by atoms with Crippen LogP contribution in [0.5, 0.6) is 0 Å². The zero-order chi connectivity index (χ0) is 12.5. The lowest BCUT2D eigenvalue weighted by Gasteiger charge is -2.03. The van der Waals surface area contributed by atoms with Crippen LogP contribution < -0.4 is 5.73 Å². The molecular weight excluding hydrogens is 214 g/mol. The Morgan fingerprint density at radius 1 is 1.41 bits per heavy atom. The van der Waals surface area contributed by atoms with Crippen molar-refractivity contribution in [1.82, 2.24) is 0 Å². The predicted molar refractivity (Wildman–Crippen MR) is 67.3 cm³/mol. The number of benzene rings is 1. The average Bonchev–Trinajstić information content (AvgIpc) is 2.37. The van der Waals surface area contributed by atoms with Crippen LogP contribution in [0.1, 0.15) is 24.0 Å². The van der Waals surface area contributed by atoms with Crippen molar-refractivity contribution in [1.29, 1.82) is 0 Å². The Kier molecular flexibility index (Phi) is 5.84. The van der Waals surface area contributed by atoms with Gasteiger partial charge in [0, 0.05) is 24.9 Å². The number of hydrogen-bond acceptors (Lipinski definition) is 3. The fourth-order valence-corrected chi connectivity index (χ4v) is 1.43. The summed E-state index contributed by atoms with van der Waals surface area (Å²) >= 11 is 0. The van der Waals surface area contributed by atoms with E-state index in [4.69, 9.17) is 5.73 Å². The summed E-state index contributed by atoms with van der Waals surface area (Å²) < 4.78 is 4.62. The van der Waals surface area contributed by atoms with E-state index < -0.39 is 0 Å². The summed E-state index contributed by atoms with van der Waals surface area (Å²) in [5.74, 6) is 5.88. The number of methoxy groups -OCH3 is 1. The summed E-state index contributed by atoms with van der Waals surface area (Å²) in [6, 6.07) is 7.82. The zero-order valence-corrected chi connectivity index (χ0v) is 10.0. The normalized spacial score (nSPS) is 9.29. The molecule has 1 aromatic carbocycles. The van der Waals surface area contributed by atoms with Crippen molar-refractivity contribution in [2.24, 2.45) is 5.73 Å². The summed E-state index contributed by atoms with van der Waals surface area (Å²) in [5.41, 5.74) is 7.42. The van der Waals surface area contributed by atoms with Crippen molar-refractivity contribution in [2.45, 2.75) is 19.3 Å². The van der Waals surface area contributed by atoms with Crippen molar-refractivity contribution in [3.63, 3.8) is 0 Å². The maximum Gasteiger partial charge on any atom is 0.305 e. The molecule has 0 fully saturated rings. The lowest BCUT2D eigenvalue weighted by molar-refractivity contribution is -0.140. The van der Waals surface area contributed by atoms with Crippen LogP contribution in [0, 0.1) is 11.8 Å². The summed E-state index contributed by atoms with van der Waals surface area (Å²) in [4.78, 5) is 11.1. The quantitative estimate of drug-likeness (QED) is 0.631. The van der Waals surface area contributed by atoms with Crippen LogP contribution in [0.15, 0.2) is 24.3 Å². The van der Waals surface area contributed by atoms with Gasteiger partial charge in [0.2, 0.25) is 0 Å². The van der Waals surface area contributed by atoms with Gasteiger partial charge in [-0.3, -0.25) is 4.79 Å². The summed E-state index contributed by atoms with van der Waals surface area (Å²) in [7, 11) is 1.40. The molecule has 0 amide bonds. The largest absolute Gasteiger partial charge is 0.469 e. The third kappa shape index (κ3) is 4.71. The Balaban J connectivity index is 2.71. The fraction of sp³-hybridized carbons (Fsp3) is 0.357. The first-order valence-electron chi connectivity index (χ1n) is 5.61. The average molecular weight is 231 g/mol. The topological polar surface area (TPSA) is 52.3 Å². The molecule has 0 heterocycles. The number of aryl methyl sites for hydroxylation is 1. The minimum Gasteiger partial charge on any atom is -0.469 e. The lowest BCUT2D eigenvalue weighted by atomic mass is 10.0. The van der Waals surface area contributed by atoms with Crippen LogP contribution in [0.4, 0.5) is 0 Å². The molecule has 0 aliphatic heterocycles. The maximum atomic E-state index is 11.1. The standard InChI is InChI=1S/C14H17NO2/c1-17-14(16)10-9-13-7-3-2-6-12(13)8-4-5-11-15/h2-3,6-7H,5,9-11,15H2,1H3. The molecule has 0 aliphatic rings. The van der Waals surface area contributed by atoms with Gasteiger partial charge >= 0.3 is 5.97 Å². The van der Waals surface area contributed by atoms with E-state index in [1.165, 1.54) is 7.11 Å². The third-order valence-corrected chi connectivity index (χ3v) is 2.34. The van der Waals surface area contributed by atoms with Crippen molar-refractivity contribution in [3.05, 3.63) is 35.4 Å². The first-order chi connectivity index (χ1) is 8.27. The molecule has 1 aromatic rings. The fourth-order valence-electron chi connectivity index (χ4n) is 1.43. The third-order valence-electron chi connectivity index (χ3n) is 2.34.